The maximum atomic E-state index is 12.4. The number of benzene rings is 2. The van der Waals surface area contributed by atoms with E-state index in [9.17, 15) is 9.59 Å². The molecule has 146 valence electrons. The van der Waals surface area contributed by atoms with E-state index in [4.69, 9.17) is 4.74 Å². The van der Waals surface area contributed by atoms with Crippen molar-refractivity contribution in [3.8, 4) is 0 Å². The highest BCUT2D eigenvalue weighted by Gasteiger charge is 2.26. The number of urea groups is 1. The van der Waals surface area contributed by atoms with E-state index in [0.717, 1.165) is 18.7 Å². The van der Waals surface area contributed by atoms with Gasteiger partial charge in [-0.1, -0.05) is 30.3 Å². The van der Waals surface area contributed by atoms with Crippen LogP contribution in [0.3, 0.4) is 0 Å². The molecule has 0 bridgehead atoms. The van der Waals surface area contributed by atoms with Gasteiger partial charge in [-0.2, -0.15) is 0 Å². The van der Waals surface area contributed by atoms with Crippen LogP contribution in [0, 0.1) is 0 Å². The number of hydrogen-bond donors (Lipinski definition) is 2. The number of aliphatic imine (C=N–C) groups is 1. The Morgan fingerprint density at radius 1 is 1.07 bits per heavy atom. The highest BCUT2D eigenvalue weighted by molar-refractivity contribution is 6.03. The average molecular weight is 380 g/mol. The van der Waals surface area contributed by atoms with Gasteiger partial charge < -0.3 is 15.0 Å². The van der Waals surface area contributed by atoms with Crippen LogP contribution in [0.1, 0.15) is 35.8 Å². The number of rotatable bonds is 5. The van der Waals surface area contributed by atoms with E-state index in [2.05, 4.69) is 15.6 Å². The van der Waals surface area contributed by atoms with Crippen LogP contribution in [0.4, 0.5) is 10.5 Å². The Bertz CT molecular complexity index is 850. The van der Waals surface area contributed by atoms with Gasteiger partial charge in [-0.25, -0.2) is 14.6 Å². The second-order valence-corrected chi connectivity index (χ2v) is 6.29. The molecule has 0 fully saturated rings. The molecule has 2 N–H and O–H groups in total. The van der Waals surface area contributed by atoms with E-state index >= 15 is 0 Å². The number of likely N-dealkylation sites (N-methyl/N-ethyl adjacent to an activating group) is 1. The number of anilines is 1. The molecule has 2 amide bonds. The smallest absolute Gasteiger partial charge is 0.338 e. The lowest BCUT2D eigenvalue weighted by atomic mass is 10.1. The number of hydrogen-bond acceptors (Lipinski definition) is 5. The molecule has 3 rings (SSSR count). The Morgan fingerprint density at radius 2 is 1.79 bits per heavy atom. The van der Waals surface area contributed by atoms with E-state index in [1.807, 2.05) is 42.2 Å². The molecule has 2 aromatic rings. The summed E-state index contributed by atoms with van der Waals surface area (Å²) >= 11 is 0. The number of carbonyl (C=O) groups excluding carboxylic acids is 2. The number of nitrogens with one attached hydrogen (secondary N) is 2. The summed E-state index contributed by atoms with van der Waals surface area (Å²) in [5.41, 5.74) is 2.13. The number of ether oxygens (including phenoxy) is 1. The molecule has 0 aliphatic carbocycles. The lowest BCUT2D eigenvalue weighted by Crippen LogP contribution is -2.43. The van der Waals surface area contributed by atoms with Gasteiger partial charge in [0.25, 0.3) is 0 Å². The van der Waals surface area contributed by atoms with Crippen LogP contribution in [0.15, 0.2) is 59.6 Å². The van der Waals surface area contributed by atoms with Gasteiger partial charge >= 0.3 is 12.0 Å². The van der Waals surface area contributed by atoms with Crippen molar-refractivity contribution in [1.82, 2.24) is 10.2 Å². The first-order valence-electron chi connectivity index (χ1n) is 9.33. The number of carbonyl (C=O) groups is 2. The van der Waals surface area contributed by atoms with Crippen molar-refractivity contribution in [3.05, 3.63) is 65.7 Å². The summed E-state index contributed by atoms with van der Waals surface area (Å²) in [6.45, 7) is 5.57. The van der Waals surface area contributed by atoms with Crippen LogP contribution < -0.4 is 10.6 Å². The van der Waals surface area contributed by atoms with Crippen LogP contribution >= 0.6 is 0 Å². The average Bonchev–Trinajstić information content (AvgIpc) is 3.12. The van der Waals surface area contributed by atoms with Crippen molar-refractivity contribution in [2.24, 2.45) is 4.99 Å². The molecule has 0 aromatic heterocycles. The third-order valence-corrected chi connectivity index (χ3v) is 4.42. The maximum Gasteiger partial charge on any atom is 0.338 e. The molecule has 0 saturated heterocycles. The van der Waals surface area contributed by atoms with Crippen LogP contribution in [0.2, 0.25) is 0 Å². The molecule has 1 heterocycles. The van der Waals surface area contributed by atoms with Gasteiger partial charge in [-0.3, -0.25) is 5.32 Å². The monoisotopic (exact) mass is 380 g/mol. The van der Waals surface area contributed by atoms with E-state index in [-0.39, 0.29) is 18.0 Å². The summed E-state index contributed by atoms with van der Waals surface area (Å²) in [5, 5.41) is 5.58. The second kappa shape index (κ2) is 9.03. The van der Waals surface area contributed by atoms with Crippen LogP contribution in [-0.2, 0) is 4.74 Å². The normalized spacial score (nSPS) is 15.7. The van der Waals surface area contributed by atoms with Crippen molar-refractivity contribution >= 4 is 23.6 Å². The Kier molecular flexibility index (Phi) is 6.26. The molecule has 0 spiro atoms. The fourth-order valence-corrected chi connectivity index (χ4v) is 2.98. The standard InChI is InChI=1S/C21H24N4O3/c1-3-25-14-18(15-8-6-5-7-9-15)23-20(25)24-21(27)22-17-12-10-16(11-13-17)19(26)28-4-2/h5-13,18H,3-4,14H2,1-2H3,(H2,22,23,24,27). The van der Waals surface area contributed by atoms with Gasteiger partial charge in [0.15, 0.2) is 0 Å². The zero-order valence-electron chi connectivity index (χ0n) is 16.0. The summed E-state index contributed by atoms with van der Waals surface area (Å²) in [6.07, 6.45) is 0. The number of nitrogens with zero attached hydrogens (tertiary/aromatic N) is 2. The third-order valence-electron chi connectivity index (χ3n) is 4.42. The molecule has 1 aliphatic rings. The first kappa shape index (κ1) is 19.4. The van der Waals surface area contributed by atoms with E-state index in [1.54, 1.807) is 31.2 Å². The molecule has 7 nitrogen and oxygen atoms in total. The lowest BCUT2D eigenvalue weighted by molar-refractivity contribution is 0.0526. The zero-order valence-corrected chi connectivity index (χ0v) is 16.0. The van der Waals surface area contributed by atoms with Crippen molar-refractivity contribution in [3.63, 3.8) is 0 Å². The molecule has 1 aliphatic heterocycles. The summed E-state index contributed by atoms with van der Waals surface area (Å²) in [4.78, 5) is 30.7. The predicted molar refractivity (Wildman–Crippen MR) is 108 cm³/mol. The second-order valence-electron chi connectivity index (χ2n) is 6.29. The number of esters is 1. The molecular formula is C21H24N4O3. The minimum absolute atomic E-state index is 0.000288. The quantitative estimate of drug-likeness (QED) is 0.779. The summed E-state index contributed by atoms with van der Waals surface area (Å²) in [7, 11) is 0. The maximum absolute atomic E-state index is 12.4. The third kappa shape index (κ3) is 4.68. The Labute approximate surface area is 164 Å². The van der Waals surface area contributed by atoms with E-state index < -0.39 is 0 Å². The highest BCUT2D eigenvalue weighted by Crippen LogP contribution is 2.23. The van der Waals surface area contributed by atoms with E-state index in [0.29, 0.717) is 23.8 Å². The first-order chi connectivity index (χ1) is 13.6. The van der Waals surface area contributed by atoms with Gasteiger partial charge in [0, 0.05) is 18.8 Å². The fourth-order valence-electron chi connectivity index (χ4n) is 2.98. The first-order valence-corrected chi connectivity index (χ1v) is 9.33. The summed E-state index contributed by atoms with van der Waals surface area (Å²) in [6, 6.07) is 16.2. The summed E-state index contributed by atoms with van der Waals surface area (Å²) < 4.78 is 4.95. The van der Waals surface area contributed by atoms with Crippen molar-refractivity contribution < 1.29 is 14.3 Å². The fraction of sp³-hybridized carbons (Fsp3) is 0.286. The molecule has 2 aromatic carbocycles. The van der Waals surface area contributed by atoms with Crippen molar-refractivity contribution in [2.45, 2.75) is 19.9 Å². The zero-order chi connectivity index (χ0) is 19.9. The SMILES string of the molecule is CCOC(=O)c1ccc(NC(=O)NC2=NC(c3ccccc3)CN2CC)cc1. The van der Waals surface area contributed by atoms with E-state index in [1.165, 1.54) is 0 Å². The number of guanidine groups is 1. The Balaban J connectivity index is 1.62. The Hall–Kier alpha value is -3.35. The molecule has 7 heteroatoms. The minimum atomic E-state index is -0.385. The van der Waals surface area contributed by atoms with Crippen molar-refractivity contribution in [2.75, 3.05) is 25.0 Å². The van der Waals surface area contributed by atoms with Crippen LogP contribution in [0.25, 0.3) is 0 Å². The predicted octanol–water partition coefficient (Wildman–Crippen LogP) is 3.42. The van der Waals surface area contributed by atoms with Crippen molar-refractivity contribution in [1.29, 1.82) is 0 Å². The van der Waals surface area contributed by atoms with Gasteiger partial charge in [0.05, 0.1) is 18.2 Å². The number of amides is 2. The van der Waals surface area contributed by atoms with Gasteiger partial charge in [0.2, 0.25) is 5.96 Å². The highest BCUT2D eigenvalue weighted by atomic mass is 16.5. The van der Waals surface area contributed by atoms with Gasteiger partial charge in [-0.05, 0) is 43.7 Å². The van der Waals surface area contributed by atoms with Gasteiger partial charge in [-0.15, -0.1) is 0 Å². The summed E-state index contributed by atoms with van der Waals surface area (Å²) in [5.74, 6) is 0.168. The molecule has 0 radical (unpaired) electrons. The Morgan fingerprint density at radius 3 is 2.43 bits per heavy atom. The van der Waals surface area contributed by atoms with Crippen LogP contribution in [-0.4, -0.2) is 42.6 Å². The largest absolute Gasteiger partial charge is 0.462 e. The van der Waals surface area contributed by atoms with Gasteiger partial charge in [0.1, 0.15) is 0 Å². The molecule has 1 atom stereocenters. The topological polar surface area (TPSA) is 83.0 Å². The molecule has 0 saturated carbocycles. The molecule has 28 heavy (non-hydrogen) atoms. The van der Waals surface area contributed by atoms with Crippen LogP contribution in [0.5, 0.6) is 0 Å². The minimum Gasteiger partial charge on any atom is -0.462 e. The molecule has 1 unspecified atom stereocenters. The lowest BCUT2D eigenvalue weighted by Gasteiger charge is -2.19. The molecular weight excluding hydrogens is 356 g/mol.